The zero-order chi connectivity index (χ0) is 37.6. The van der Waals surface area contributed by atoms with Gasteiger partial charge in [0.05, 0.1) is 23.3 Å². The zero-order valence-electron chi connectivity index (χ0n) is 31.1. The van der Waals surface area contributed by atoms with E-state index in [9.17, 15) is 10.5 Å². The predicted molar refractivity (Wildman–Crippen MR) is 222 cm³/mol. The number of nitriles is 2. The van der Waals surface area contributed by atoms with Crippen LogP contribution < -0.4 is 0 Å². The molecule has 56 heavy (non-hydrogen) atoms. The van der Waals surface area contributed by atoms with Gasteiger partial charge in [-0.2, -0.15) is 10.5 Å². The van der Waals surface area contributed by atoms with Crippen molar-refractivity contribution in [3.05, 3.63) is 162 Å². The standard InChI is InChI=1S/C51H39N5/c52-31-33-9-13-38(14-10-33)42-7-4-8-43(24-42)49-54-48(41-5-2-1-3-6-41)55-50(56-49)46-26-44(39-15-11-34(32-53)12-16-39)25-45(27-46)40-17-19-47(20-18-40)51-28-35-21-36(29-51)23-37(22-35)30-51/h1-20,24-27,35-37H,21-23,28-30H2/t35-,36+,37-,51?. The van der Waals surface area contributed by atoms with Gasteiger partial charge in [0.2, 0.25) is 0 Å². The molecular weight excluding hydrogens is 683 g/mol. The second-order valence-electron chi connectivity index (χ2n) is 16.2. The van der Waals surface area contributed by atoms with Crippen LogP contribution in [0.25, 0.3) is 67.5 Å². The minimum atomic E-state index is 0.343. The number of hydrogen-bond donors (Lipinski definition) is 0. The monoisotopic (exact) mass is 721 g/mol. The quantitative estimate of drug-likeness (QED) is 0.164. The van der Waals surface area contributed by atoms with Crippen molar-refractivity contribution in [1.29, 1.82) is 10.5 Å². The molecule has 0 radical (unpaired) electrons. The SMILES string of the molecule is N#Cc1ccc(-c2cccc(-c3nc(-c4ccccc4)nc(-c4cc(-c5ccc(C#N)cc5)cc(-c5ccc(C67C[C@H]8C[C@@H](C6)C[C@@H](C7)C8)cc5)c4)n3)c2)cc1. The summed E-state index contributed by atoms with van der Waals surface area (Å²) in [5.74, 6) is 4.46. The Morgan fingerprint density at radius 3 is 1.34 bits per heavy atom. The largest absolute Gasteiger partial charge is 0.208 e. The second-order valence-corrected chi connectivity index (χ2v) is 16.2. The van der Waals surface area contributed by atoms with Crippen molar-refractivity contribution in [3.63, 3.8) is 0 Å². The van der Waals surface area contributed by atoms with Crippen LogP contribution in [-0.2, 0) is 5.41 Å². The van der Waals surface area contributed by atoms with Gasteiger partial charge in [-0.1, -0.05) is 97.1 Å². The van der Waals surface area contributed by atoms with E-state index < -0.39 is 0 Å². The number of nitrogens with zero attached hydrogens (tertiary/aromatic N) is 5. The normalized spacial score (nSPS) is 20.6. The van der Waals surface area contributed by atoms with E-state index in [1.54, 1.807) is 0 Å². The van der Waals surface area contributed by atoms with Crippen LogP contribution in [0.5, 0.6) is 0 Å². The molecule has 6 aromatic carbocycles. The highest BCUT2D eigenvalue weighted by Gasteiger charge is 2.51. The van der Waals surface area contributed by atoms with E-state index in [2.05, 4.69) is 66.7 Å². The Hall–Kier alpha value is -6.69. The molecule has 4 fully saturated rings. The molecular formula is C51H39N5. The fourth-order valence-corrected chi connectivity index (χ4v) is 10.2. The van der Waals surface area contributed by atoms with E-state index in [0.717, 1.165) is 67.8 Å². The molecule has 0 aliphatic heterocycles. The molecule has 1 aromatic heterocycles. The van der Waals surface area contributed by atoms with E-state index >= 15 is 0 Å². The van der Waals surface area contributed by atoms with E-state index in [1.165, 1.54) is 44.1 Å². The van der Waals surface area contributed by atoms with Gasteiger partial charge < -0.3 is 0 Å². The molecule has 4 saturated carbocycles. The first-order chi connectivity index (χ1) is 27.5. The van der Waals surface area contributed by atoms with Crippen LogP contribution in [-0.4, -0.2) is 15.0 Å². The van der Waals surface area contributed by atoms with Crippen molar-refractivity contribution in [2.24, 2.45) is 17.8 Å². The summed E-state index contributed by atoms with van der Waals surface area (Å²) in [6.45, 7) is 0. The molecule has 4 bridgehead atoms. The summed E-state index contributed by atoms with van der Waals surface area (Å²) in [5, 5.41) is 18.9. The molecule has 0 unspecified atom stereocenters. The number of aromatic nitrogens is 3. The van der Waals surface area contributed by atoms with E-state index in [4.69, 9.17) is 15.0 Å². The van der Waals surface area contributed by atoms with Gasteiger partial charge in [-0.05, 0) is 149 Å². The van der Waals surface area contributed by atoms with Crippen molar-refractivity contribution < 1.29 is 0 Å². The first kappa shape index (κ1) is 33.8. The van der Waals surface area contributed by atoms with Gasteiger partial charge in [-0.15, -0.1) is 0 Å². The topological polar surface area (TPSA) is 86.2 Å². The first-order valence-electron chi connectivity index (χ1n) is 19.7. The third-order valence-corrected chi connectivity index (χ3v) is 12.5. The Bertz CT molecular complexity index is 2630. The third-order valence-electron chi connectivity index (χ3n) is 12.5. The molecule has 4 aliphatic rings. The highest BCUT2D eigenvalue weighted by molar-refractivity contribution is 5.81. The van der Waals surface area contributed by atoms with E-state index in [-0.39, 0.29) is 0 Å². The van der Waals surface area contributed by atoms with Crippen molar-refractivity contribution in [2.45, 2.75) is 43.9 Å². The highest BCUT2D eigenvalue weighted by Crippen LogP contribution is 2.60. The summed E-state index contributed by atoms with van der Waals surface area (Å²) in [6.07, 6.45) is 8.36. The first-order valence-corrected chi connectivity index (χ1v) is 19.7. The van der Waals surface area contributed by atoms with Gasteiger partial charge in [0.15, 0.2) is 17.5 Å². The van der Waals surface area contributed by atoms with Crippen molar-refractivity contribution in [3.8, 4) is 79.7 Å². The van der Waals surface area contributed by atoms with Gasteiger partial charge in [0.1, 0.15) is 0 Å². The summed E-state index contributed by atoms with van der Waals surface area (Å²) in [5.41, 5.74) is 12.1. The molecule has 0 N–H and O–H groups in total. The molecule has 0 spiro atoms. The molecule has 7 aromatic rings. The number of hydrogen-bond acceptors (Lipinski definition) is 5. The number of benzene rings is 6. The van der Waals surface area contributed by atoms with Crippen LogP contribution in [0.15, 0.2) is 146 Å². The minimum Gasteiger partial charge on any atom is -0.208 e. The molecule has 0 amide bonds. The van der Waals surface area contributed by atoms with Crippen LogP contribution >= 0.6 is 0 Å². The fraction of sp³-hybridized carbons (Fsp3) is 0.196. The third kappa shape index (κ3) is 6.36. The van der Waals surface area contributed by atoms with Gasteiger partial charge in [-0.3, -0.25) is 0 Å². The minimum absolute atomic E-state index is 0.343. The predicted octanol–water partition coefficient (Wildman–Crippen LogP) is 12.1. The highest BCUT2D eigenvalue weighted by atomic mass is 15.0. The van der Waals surface area contributed by atoms with Crippen molar-refractivity contribution >= 4 is 0 Å². The van der Waals surface area contributed by atoms with Crippen molar-refractivity contribution in [1.82, 2.24) is 15.0 Å². The summed E-state index contributed by atoms with van der Waals surface area (Å²) < 4.78 is 0. The van der Waals surface area contributed by atoms with E-state index in [0.29, 0.717) is 34.0 Å². The Balaban J connectivity index is 1.09. The average Bonchev–Trinajstić information content (AvgIpc) is 3.26. The van der Waals surface area contributed by atoms with Crippen LogP contribution in [0.3, 0.4) is 0 Å². The summed E-state index contributed by atoms with van der Waals surface area (Å²) in [4.78, 5) is 15.3. The summed E-state index contributed by atoms with van der Waals surface area (Å²) in [6, 6.07) is 54.2. The summed E-state index contributed by atoms with van der Waals surface area (Å²) in [7, 11) is 0. The van der Waals surface area contributed by atoms with Gasteiger partial charge in [-0.25, -0.2) is 15.0 Å². The second kappa shape index (κ2) is 13.9. The molecule has 268 valence electrons. The zero-order valence-corrected chi connectivity index (χ0v) is 31.1. The molecule has 0 atom stereocenters. The Morgan fingerprint density at radius 2 is 0.804 bits per heavy atom. The van der Waals surface area contributed by atoms with Gasteiger partial charge in [0.25, 0.3) is 0 Å². The number of rotatable bonds is 7. The molecule has 5 nitrogen and oxygen atoms in total. The van der Waals surface area contributed by atoms with Crippen LogP contribution in [0.1, 0.15) is 55.2 Å². The lowest BCUT2D eigenvalue weighted by molar-refractivity contribution is -0.00518. The maximum absolute atomic E-state index is 9.53. The van der Waals surface area contributed by atoms with Crippen LogP contribution in [0, 0.1) is 40.4 Å². The molecule has 1 heterocycles. The summed E-state index contributed by atoms with van der Waals surface area (Å²) >= 11 is 0. The average molecular weight is 722 g/mol. The van der Waals surface area contributed by atoms with Crippen molar-refractivity contribution in [2.75, 3.05) is 0 Å². The lowest BCUT2D eigenvalue weighted by Gasteiger charge is -2.57. The maximum atomic E-state index is 9.53. The van der Waals surface area contributed by atoms with E-state index in [1.807, 2.05) is 91.0 Å². The van der Waals surface area contributed by atoms with Crippen LogP contribution in [0.2, 0.25) is 0 Å². The lowest BCUT2D eigenvalue weighted by Crippen LogP contribution is -2.48. The Labute approximate surface area is 328 Å². The Kier molecular flexibility index (Phi) is 8.38. The molecule has 11 rings (SSSR count). The van der Waals surface area contributed by atoms with Gasteiger partial charge in [0, 0.05) is 16.7 Å². The smallest absolute Gasteiger partial charge is 0.164 e. The van der Waals surface area contributed by atoms with Crippen LogP contribution in [0.4, 0.5) is 0 Å². The van der Waals surface area contributed by atoms with Gasteiger partial charge >= 0.3 is 0 Å². The molecule has 4 aliphatic carbocycles. The lowest BCUT2D eigenvalue weighted by atomic mass is 9.48. The molecule has 5 heteroatoms. The molecule has 0 saturated heterocycles. The maximum Gasteiger partial charge on any atom is 0.164 e. The fourth-order valence-electron chi connectivity index (χ4n) is 10.2. The Morgan fingerprint density at radius 1 is 0.393 bits per heavy atom.